The highest BCUT2D eigenvalue weighted by molar-refractivity contribution is 6.33. The van der Waals surface area contributed by atoms with Crippen molar-refractivity contribution in [3.8, 4) is 0 Å². The second-order valence-corrected chi connectivity index (χ2v) is 6.45. The van der Waals surface area contributed by atoms with Gasteiger partial charge >= 0.3 is 5.97 Å². The van der Waals surface area contributed by atoms with Crippen LogP contribution in [0.1, 0.15) is 16.7 Å². The number of carboxylic acid groups (broad SMARTS) is 1. The minimum absolute atomic E-state index is 0.101. The number of nitrogens with zero attached hydrogens (tertiary/aromatic N) is 1. The molecule has 0 saturated heterocycles. The Morgan fingerprint density at radius 3 is 1.60 bits per heavy atom. The number of rotatable bonds is 5. The Labute approximate surface area is 172 Å². The standard InChI is InChI=1S/C23H13BF3NO2/c1-28-23(24,16-6-12-19(27)13-7-16)21(15-4-10-18(26)11-5-15)20(22(29)30)14-2-8-17(25)9-3-14/h2-13H,(H,29,30)/b21-20+. The van der Waals surface area contributed by atoms with Gasteiger partial charge in [-0.15, -0.1) is 0 Å². The maximum atomic E-state index is 13.5. The Morgan fingerprint density at radius 2 is 1.20 bits per heavy atom. The molecular weight excluding hydrogens is 390 g/mol. The van der Waals surface area contributed by atoms with Crippen LogP contribution in [0.25, 0.3) is 16.0 Å². The molecule has 0 heterocycles. The quantitative estimate of drug-likeness (QED) is 0.281. The zero-order valence-corrected chi connectivity index (χ0v) is 15.4. The second-order valence-electron chi connectivity index (χ2n) is 6.45. The maximum absolute atomic E-state index is 13.5. The van der Waals surface area contributed by atoms with Crippen LogP contribution in [0.5, 0.6) is 0 Å². The van der Waals surface area contributed by atoms with Gasteiger partial charge in [0.2, 0.25) is 13.3 Å². The van der Waals surface area contributed by atoms with Crippen molar-refractivity contribution in [2.24, 2.45) is 0 Å². The molecule has 0 aliphatic carbocycles. The molecule has 146 valence electrons. The molecule has 0 aliphatic heterocycles. The lowest BCUT2D eigenvalue weighted by atomic mass is 9.64. The minimum Gasteiger partial charge on any atom is -0.478 e. The van der Waals surface area contributed by atoms with Crippen molar-refractivity contribution in [2.45, 2.75) is 5.44 Å². The zero-order chi connectivity index (χ0) is 21.9. The Morgan fingerprint density at radius 1 is 0.800 bits per heavy atom. The van der Waals surface area contributed by atoms with Crippen molar-refractivity contribution in [3.05, 3.63) is 118 Å². The third-order valence-electron chi connectivity index (χ3n) is 4.57. The highest BCUT2D eigenvalue weighted by Gasteiger charge is 2.41. The van der Waals surface area contributed by atoms with Gasteiger partial charge < -0.3 is 9.95 Å². The Kier molecular flexibility index (Phi) is 5.79. The van der Waals surface area contributed by atoms with E-state index in [-0.39, 0.29) is 27.8 Å². The van der Waals surface area contributed by atoms with Gasteiger partial charge in [0, 0.05) is 5.56 Å². The number of hydrogen-bond acceptors (Lipinski definition) is 1. The molecule has 0 spiro atoms. The molecule has 3 aromatic rings. The molecule has 2 radical (unpaired) electrons. The van der Waals surface area contributed by atoms with Crippen LogP contribution in [0.2, 0.25) is 0 Å². The molecule has 3 rings (SSSR count). The van der Waals surface area contributed by atoms with E-state index in [0.29, 0.717) is 0 Å². The summed E-state index contributed by atoms with van der Waals surface area (Å²) in [6.45, 7) is 7.75. The summed E-state index contributed by atoms with van der Waals surface area (Å²) in [7, 11) is 6.42. The molecule has 0 amide bonds. The number of carboxylic acids is 1. The normalized spacial score (nSPS) is 13.7. The Bertz CT molecular complexity index is 1150. The number of aliphatic carboxylic acids is 1. The van der Waals surface area contributed by atoms with Crippen LogP contribution < -0.4 is 0 Å². The lowest BCUT2D eigenvalue weighted by Gasteiger charge is -2.25. The van der Waals surface area contributed by atoms with Gasteiger partial charge in [0.05, 0.1) is 11.1 Å². The Balaban J connectivity index is 2.42. The lowest BCUT2D eigenvalue weighted by molar-refractivity contribution is -0.130. The smallest absolute Gasteiger partial charge is 0.336 e. The second kappa shape index (κ2) is 8.30. The third-order valence-corrected chi connectivity index (χ3v) is 4.57. The van der Waals surface area contributed by atoms with E-state index in [0.717, 1.165) is 36.4 Å². The fourth-order valence-corrected chi connectivity index (χ4v) is 3.13. The molecule has 1 N–H and O–H groups in total. The molecule has 0 aromatic heterocycles. The van der Waals surface area contributed by atoms with Crippen LogP contribution >= 0.6 is 0 Å². The van der Waals surface area contributed by atoms with E-state index in [1.54, 1.807) is 0 Å². The summed E-state index contributed by atoms with van der Waals surface area (Å²) in [5.74, 6) is -3.12. The van der Waals surface area contributed by atoms with Crippen molar-refractivity contribution in [2.75, 3.05) is 0 Å². The summed E-state index contributed by atoms with van der Waals surface area (Å²) in [4.78, 5) is 15.8. The van der Waals surface area contributed by atoms with Crippen LogP contribution in [0.4, 0.5) is 13.2 Å². The maximum Gasteiger partial charge on any atom is 0.336 e. The monoisotopic (exact) mass is 403 g/mol. The highest BCUT2D eigenvalue weighted by Crippen LogP contribution is 2.42. The average Bonchev–Trinajstić information content (AvgIpc) is 2.73. The van der Waals surface area contributed by atoms with E-state index in [2.05, 4.69) is 4.85 Å². The van der Waals surface area contributed by atoms with E-state index in [9.17, 15) is 23.1 Å². The zero-order valence-electron chi connectivity index (χ0n) is 15.4. The fourth-order valence-electron chi connectivity index (χ4n) is 3.13. The minimum atomic E-state index is -2.05. The molecule has 0 saturated carbocycles. The molecule has 3 nitrogen and oxygen atoms in total. The molecule has 1 unspecified atom stereocenters. The molecule has 3 aromatic carbocycles. The molecule has 0 bridgehead atoms. The van der Waals surface area contributed by atoms with Gasteiger partial charge in [0.25, 0.3) is 0 Å². The molecule has 0 aliphatic rings. The first-order valence-electron chi connectivity index (χ1n) is 8.69. The van der Waals surface area contributed by atoms with Gasteiger partial charge in [-0.25, -0.2) is 24.5 Å². The van der Waals surface area contributed by atoms with Crippen LogP contribution in [0, 0.1) is 24.0 Å². The first kappa shape index (κ1) is 20.9. The third kappa shape index (κ3) is 3.99. The summed E-state index contributed by atoms with van der Waals surface area (Å²) in [6, 6.07) is 14.2. The van der Waals surface area contributed by atoms with E-state index < -0.39 is 28.9 Å². The highest BCUT2D eigenvalue weighted by atomic mass is 19.1. The van der Waals surface area contributed by atoms with Crippen molar-refractivity contribution in [1.29, 1.82) is 0 Å². The van der Waals surface area contributed by atoms with Crippen LogP contribution in [0.15, 0.2) is 72.8 Å². The van der Waals surface area contributed by atoms with Gasteiger partial charge in [0.15, 0.2) is 0 Å². The predicted octanol–water partition coefficient (Wildman–Crippen LogP) is 5.04. The van der Waals surface area contributed by atoms with E-state index in [1.807, 2.05) is 0 Å². The van der Waals surface area contributed by atoms with Gasteiger partial charge in [-0.2, -0.15) is 0 Å². The molecule has 1 atom stereocenters. The van der Waals surface area contributed by atoms with Crippen LogP contribution in [0.3, 0.4) is 0 Å². The van der Waals surface area contributed by atoms with E-state index in [4.69, 9.17) is 14.4 Å². The van der Waals surface area contributed by atoms with E-state index >= 15 is 0 Å². The summed E-state index contributed by atoms with van der Waals surface area (Å²) < 4.78 is 40.4. The topological polar surface area (TPSA) is 41.7 Å². The van der Waals surface area contributed by atoms with Crippen molar-refractivity contribution in [3.63, 3.8) is 0 Å². The van der Waals surface area contributed by atoms with Gasteiger partial charge in [-0.1, -0.05) is 24.3 Å². The van der Waals surface area contributed by atoms with Crippen LogP contribution in [-0.4, -0.2) is 18.9 Å². The SMILES string of the molecule is [B]C([N+]#[C-])(/C(=C(/C(=O)O)c1ccc(F)cc1)c1ccc(F)cc1)c1ccc(F)cc1. The number of halogens is 3. The largest absolute Gasteiger partial charge is 0.478 e. The van der Waals surface area contributed by atoms with Gasteiger partial charge in [-0.3, -0.25) is 0 Å². The van der Waals surface area contributed by atoms with Crippen molar-refractivity contribution in [1.82, 2.24) is 0 Å². The van der Waals surface area contributed by atoms with Gasteiger partial charge in [-0.05, 0) is 59.7 Å². The predicted molar refractivity (Wildman–Crippen MR) is 108 cm³/mol. The van der Waals surface area contributed by atoms with E-state index in [1.165, 1.54) is 36.4 Å². The number of benzene rings is 3. The van der Waals surface area contributed by atoms with Crippen molar-refractivity contribution >= 4 is 25.0 Å². The fraction of sp³-hybridized carbons (Fsp3) is 0.0435. The average molecular weight is 403 g/mol. The summed E-state index contributed by atoms with van der Waals surface area (Å²) in [5.41, 5.74) is -2.12. The summed E-state index contributed by atoms with van der Waals surface area (Å²) in [5, 5.41) is 9.99. The summed E-state index contributed by atoms with van der Waals surface area (Å²) >= 11 is 0. The summed E-state index contributed by atoms with van der Waals surface area (Å²) in [6.07, 6.45) is 0. The Hall–Kier alpha value is -3.79. The van der Waals surface area contributed by atoms with Crippen molar-refractivity contribution < 1.29 is 23.1 Å². The number of hydrogen-bond donors (Lipinski definition) is 1. The molecule has 7 heteroatoms. The lowest BCUT2D eigenvalue weighted by Crippen LogP contribution is -2.27. The first-order chi connectivity index (χ1) is 14.3. The number of carbonyl (C=O) groups is 1. The molecule has 0 fully saturated rings. The molecular formula is C23H13BF3NO2. The van der Waals surface area contributed by atoms with Crippen LogP contribution in [-0.2, 0) is 10.2 Å². The molecule has 30 heavy (non-hydrogen) atoms. The van der Waals surface area contributed by atoms with Gasteiger partial charge in [0.1, 0.15) is 17.5 Å². The first-order valence-corrected chi connectivity index (χ1v) is 8.69.